The SMILES string of the molecule is COC(=O)CN1CCN(C(=O)c2cccc(CN)c2)CC1. The molecule has 0 bridgehead atoms. The van der Waals surface area contributed by atoms with Crippen molar-refractivity contribution in [3.63, 3.8) is 0 Å². The van der Waals surface area contributed by atoms with Gasteiger partial charge < -0.3 is 15.4 Å². The second kappa shape index (κ2) is 7.19. The molecule has 6 nitrogen and oxygen atoms in total. The van der Waals surface area contributed by atoms with Gasteiger partial charge in [0.2, 0.25) is 0 Å². The molecule has 1 aliphatic heterocycles. The van der Waals surface area contributed by atoms with Gasteiger partial charge in [0, 0.05) is 38.3 Å². The summed E-state index contributed by atoms with van der Waals surface area (Å²) in [6, 6.07) is 7.40. The monoisotopic (exact) mass is 291 g/mol. The molecular weight excluding hydrogens is 270 g/mol. The Kier molecular flexibility index (Phi) is 5.30. The van der Waals surface area contributed by atoms with Gasteiger partial charge in [-0.3, -0.25) is 14.5 Å². The number of rotatable bonds is 4. The molecule has 1 fully saturated rings. The average Bonchev–Trinajstić information content (AvgIpc) is 2.54. The summed E-state index contributed by atoms with van der Waals surface area (Å²) < 4.78 is 4.65. The van der Waals surface area contributed by atoms with Gasteiger partial charge in [-0.05, 0) is 17.7 Å². The molecule has 0 spiro atoms. The van der Waals surface area contributed by atoms with Gasteiger partial charge >= 0.3 is 5.97 Å². The van der Waals surface area contributed by atoms with Gasteiger partial charge in [0.15, 0.2) is 0 Å². The number of hydrogen-bond donors (Lipinski definition) is 1. The van der Waals surface area contributed by atoms with E-state index in [1.165, 1.54) is 7.11 Å². The van der Waals surface area contributed by atoms with Gasteiger partial charge in [-0.15, -0.1) is 0 Å². The van der Waals surface area contributed by atoms with E-state index in [4.69, 9.17) is 5.73 Å². The quantitative estimate of drug-likeness (QED) is 0.795. The van der Waals surface area contributed by atoms with Crippen molar-refractivity contribution in [2.24, 2.45) is 5.73 Å². The molecule has 21 heavy (non-hydrogen) atoms. The first-order valence-corrected chi connectivity index (χ1v) is 7.01. The summed E-state index contributed by atoms with van der Waals surface area (Å²) in [4.78, 5) is 27.5. The van der Waals surface area contributed by atoms with Gasteiger partial charge in [0.05, 0.1) is 13.7 Å². The van der Waals surface area contributed by atoms with Crippen LogP contribution in [0, 0.1) is 0 Å². The molecule has 0 saturated carbocycles. The average molecular weight is 291 g/mol. The molecule has 0 atom stereocenters. The first-order chi connectivity index (χ1) is 10.1. The van der Waals surface area contributed by atoms with Crippen LogP contribution in [-0.4, -0.2) is 61.5 Å². The summed E-state index contributed by atoms with van der Waals surface area (Å²) in [7, 11) is 1.38. The van der Waals surface area contributed by atoms with Crippen molar-refractivity contribution < 1.29 is 14.3 Å². The molecule has 2 N–H and O–H groups in total. The Bertz CT molecular complexity index is 511. The van der Waals surface area contributed by atoms with Crippen molar-refractivity contribution in [3.05, 3.63) is 35.4 Å². The van der Waals surface area contributed by atoms with Crippen LogP contribution in [0.4, 0.5) is 0 Å². The first kappa shape index (κ1) is 15.5. The van der Waals surface area contributed by atoms with Crippen LogP contribution in [0.2, 0.25) is 0 Å². The standard InChI is InChI=1S/C15H21N3O3/c1-21-14(19)11-17-5-7-18(8-6-17)15(20)13-4-2-3-12(9-13)10-16/h2-4,9H,5-8,10-11,16H2,1H3. The number of hydrogen-bond acceptors (Lipinski definition) is 5. The van der Waals surface area contributed by atoms with Crippen molar-refractivity contribution in [3.8, 4) is 0 Å². The van der Waals surface area contributed by atoms with Crippen LogP contribution in [0.1, 0.15) is 15.9 Å². The number of piperazine rings is 1. The van der Waals surface area contributed by atoms with E-state index < -0.39 is 0 Å². The van der Waals surface area contributed by atoms with Crippen molar-refractivity contribution in [1.29, 1.82) is 0 Å². The fourth-order valence-corrected chi connectivity index (χ4v) is 2.37. The van der Waals surface area contributed by atoms with Crippen molar-refractivity contribution >= 4 is 11.9 Å². The third kappa shape index (κ3) is 4.03. The maximum atomic E-state index is 12.4. The zero-order valence-corrected chi connectivity index (χ0v) is 12.2. The van der Waals surface area contributed by atoms with Gasteiger partial charge in [-0.2, -0.15) is 0 Å². The normalized spacial score (nSPS) is 15.8. The predicted octanol–water partition coefficient (Wildman–Crippen LogP) is 0.0761. The number of amides is 1. The van der Waals surface area contributed by atoms with Crippen LogP contribution in [0.3, 0.4) is 0 Å². The molecule has 0 unspecified atom stereocenters. The number of esters is 1. The topological polar surface area (TPSA) is 75.9 Å². The molecule has 0 aliphatic carbocycles. The minimum atomic E-state index is -0.245. The number of carbonyl (C=O) groups is 2. The Hall–Kier alpha value is -1.92. The minimum Gasteiger partial charge on any atom is -0.468 e. The number of nitrogens with zero attached hydrogens (tertiary/aromatic N) is 2. The second-order valence-electron chi connectivity index (χ2n) is 5.05. The molecule has 1 aromatic carbocycles. The first-order valence-electron chi connectivity index (χ1n) is 7.01. The van der Waals surface area contributed by atoms with Crippen molar-refractivity contribution in [1.82, 2.24) is 9.80 Å². The van der Waals surface area contributed by atoms with Gasteiger partial charge in [0.1, 0.15) is 0 Å². The summed E-state index contributed by atoms with van der Waals surface area (Å²) >= 11 is 0. The summed E-state index contributed by atoms with van der Waals surface area (Å²) in [5.41, 5.74) is 7.22. The highest BCUT2D eigenvalue weighted by Crippen LogP contribution is 2.11. The summed E-state index contributed by atoms with van der Waals surface area (Å²) in [5.74, 6) is -0.228. The lowest BCUT2D eigenvalue weighted by atomic mass is 10.1. The Morgan fingerprint density at radius 2 is 1.95 bits per heavy atom. The predicted molar refractivity (Wildman–Crippen MR) is 78.7 cm³/mol. The molecule has 0 aromatic heterocycles. The van der Waals surface area contributed by atoms with E-state index >= 15 is 0 Å². The van der Waals surface area contributed by atoms with E-state index in [0.29, 0.717) is 38.3 Å². The molecule has 1 saturated heterocycles. The number of nitrogens with two attached hydrogens (primary N) is 1. The molecule has 1 aliphatic rings. The molecule has 1 aromatic rings. The Morgan fingerprint density at radius 1 is 1.24 bits per heavy atom. The molecule has 2 rings (SSSR count). The van der Waals surface area contributed by atoms with E-state index in [2.05, 4.69) is 4.74 Å². The summed E-state index contributed by atoms with van der Waals surface area (Å²) in [6.07, 6.45) is 0. The number of benzene rings is 1. The van der Waals surface area contributed by atoms with Gasteiger partial charge in [-0.1, -0.05) is 12.1 Å². The lowest BCUT2D eigenvalue weighted by Gasteiger charge is -2.34. The largest absolute Gasteiger partial charge is 0.468 e. The number of ether oxygens (including phenoxy) is 1. The van der Waals surface area contributed by atoms with E-state index in [1.807, 2.05) is 34.1 Å². The molecule has 1 amide bonds. The number of methoxy groups -OCH3 is 1. The van der Waals surface area contributed by atoms with E-state index in [9.17, 15) is 9.59 Å². The van der Waals surface area contributed by atoms with Gasteiger partial charge in [0.25, 0.3) is 5.91 Å². The highest BCUT2D eigenvalue weighted by molar-refractivity contribution is 5.94. The second-order valence-corrected chi connectivity index (χ2v) is 5.05. The lowest BCUT2D eigenvalue weighted by Crippen LogP contribution is -2.50. The minimum absolute atomic E-state index is 0.0167. The number of carbonyl (C=O) groups excluding carboxylic acids is 2. The van der Waals surface area contributed by atoms with E-state index in [1.54, 1.807) is 0 Å². The zero-order chi connectivity index (χ0) is 15.2. The van der Waals surface area contributed by atoms with E-state index in [0.717, 1.165) is 5.56 Å². The maximum absolute atomic E-state index is 12.4. The third-order valence-corrected chi connectivity index (χ3v) is 3.65. The van der Waals surface area contributed by atoms with Crippen LogP contribution < -0.4 is 5.73 Å². The van der Waals surface area contributed by atoms with E-state index in [-0.39, 0.29) is 18.4 Å². The molecule has 0 radical (unpaired) electrons. The fourth-order valence-electron chi connectivity index (χ4n) is 2.37. The van der Waals surface area contributed by atoms with Crippen molar-refractivity contribution in [2.45, 2.75) is 6.54 Å². The maximum Gasteiger partial charge on any atom is 0.319 e. The highest BCUT2D eigenvalue weighted by atomic mass is 16.5. The zero-order valence-electron chi connectivity index (χ0n) is 12.2. The molecule has 114 valence electrons. The Balaban J connectivity index is 1.92. The van der Waals surface area contributed by atoms with Crippen LogP contribution in [0.15, 0.2) is 24.3 Å². The summed E-state index contributed by atoms with van der Waals surface area (Å²) in [5, 5.41) is 0. The molecular formula is C15H21N3O3. The summed E-state index contributed by atoms with van der Waals surface area (Å²) in [6.45, 7) is 3.29. The third-order valence-electron chi connectivity index (χ3n) is 3.65. The van der Waals surface area contributed by atoms with Crippen LogP contribution in [0.25, 0.3) is 0 Å². The molecule has 6 heteroatoms. The van der Waals surface area contributed by atoms with Crippen molar-refractivity contribution in [2.75, 3.05) is 39.8 Å². The van der Waals surface area contributed by atoms with Crippen LogP contribution in [-0.2, 0) is 16.1 Å². The fraction of sp³-hybridized carbons (Fsp3) is 0.467. The lowest BCUT2D eigenvalue weighted by molar-refractivity contribution is -0.142. The Morgan fingerprint density at radius 3 is 2.57 bits per heavy atom. The Labute approximate surface area is 124 Å². The smallest absolute Gasteiger partial charge is 0.319 e. The van der Waals surface area contributed by atoms with Crippen LogP contribution in [0.5, 0.6) is 0 Å². The molecule has 1 heterocycles. The highest BCUT2D eigenvalue weighted by Gasteiger charge is 2.23. The van der Waals surface area contributed by atoms with Crippen LogP contribution >= 0.6 is 0 Å². The van der Waals surface area contributed by atoms with Gasteiger partial charge in [-0.25, -0.2) is 0 Å².